The van der Waals surface area contributed by atoms with E-state index < -0.39 is 0 Å². The van der Waals surface area contributed by atoms with E-state index in [0.29, 0.717) is 37.2 Å². The van der Waals surface area contributed by atoms with Gasteiger partial charge in [0.2, 0.25) is 5.95 Å². The van der Waals surface area contributed by atoms with Gasteiger partial charge in [0.25, 0.3) is 5.91 Å². The second-order valence-electron chi connectivity index (χ2n) is 9.07. The number of ether oxygens (including phenoxy) is 1. The number of hydrogen-bond donors (Lipinski definition) is 1. The van der Waals surface area contributed by atoms with Gasteiger partial charge in [-0.2, -0.15) is 4.98 Å². The zero-order chi connectivity index (χ0) is 23.5. The van der Waals surface area contributed by atoms with Crippen molar-refractivity contribution in [2.45, 2.75) is 20.3 Å². The van der Waals surface area contributed by atoms with Crippen LogP contribution in [-0.4, -0.2) is 60.3 Å². The molecule has 176 valence electrons. The van der Waals surface area contributed by atoms with E-state index in [1.807, 2.05) is 36.4 Å². The number of carbonyl (C=O) groups excluding carboxylic acids is 1. The second kappa shape index (κ2) is 9.77. The van der Waals surface area contributed by atoms with Gasteiger partial charge in [0, 0.05) is 61.0 Å². The number of rotatable bonds is 6. The van der Waals surface area contributed by atoms with Gasteiger partial charge >= 0.3 is 0 Å². The maximum atomic E-state index is 12.7. The van der Waals surface area contributed by atoms with Crippen molar-refractivity contribution in [3.05, 3.63) is 59.9 Å². The summed E-state index contributed by atoms with van der Waals surface area (Å²) < 4.78 is 5.54. The summed E-state index contributed by atoms with van der Waals surface area (Å²) in [5.41, 5.74) is 4.63. The second-order valence-corrected chi connectivity index (χ2v) is 9.07. The van der Waals surface area contributed by atoms with Gasteiger partial charge in [-0.3, -0.25) is 9.78 Å². The standard InChI is InChI=1S/C26H30N6O2/c1-18(2)17-28-25(33)20-5-3-4-19(16-20)23-22-8-11-32(21-6-9-27-10-7-21)24(22)30-26(29-23)31-12-14-34-15-13-31/h3-7,9-10,16,18H,8,11-15,17H2,1-2H3,(H,28,33). The summed E-state index contributed by atoms with van der Waals surface area (Å²) in [4.78, 5) is 31.3. The van der Waals surface area contributed by atoms with Crippen molar-refractivity contribution in [1.29, 1.82) is 0 Å². The molecule has 8 heteroatoms. The van der Waals surface area contributed by atoms with Gasteiger partial charge in [0.15, 0.2) is 0 Å². The first-order valence-electron chi connectivity index (χ1n) is 11.9. The van der Waals surface area contributed by atoms with Gasteiger partial charge in [-0.1, -0.05) is 26.0 Å². The van der Waals surface area contributed by atoms with Crippen LogP contribution in [0.25, 0.3) is 11.3 Å². The average Bonchev–Trinajstić information content (AvgIpc) is 3.32. The molecular weight excluding hydrogens is 428 g/mol. The Balaban J connectivity index is 1.57. The van der Waals surface area contributed by atoms with E-state index in [4.69, 9.17) is 14.7 Å². The van der Waals surface area contributed by atoms with Gasteiger partial charge in [0.05, 0.1) is 18.9 Å². The highest BCUT2D eigenvalue weighted by Gasteiger charge is 2.29. The molecule has 0 unspecified atom stereocenters. The molecule has 4 heterocycles. The summed E-state index contributed by atoms with van der Waals surface area (Å²) in [5.74, 6) is 1.96. The number of hydrogen-bond acceptors (Lipinski definition) is 7. The van der Waals surface area contributed by atoms with E-state index in [-0.39, 0.29) is 5.91 Å². The number of benzene rings is 1. The smallest absolute Gasteiger partial charge is 0.251 e. The van der Waals surface area contributed by atoms with E-state index in [0.717, 1.165) is 54.4 Å². The normalized spacial score (nSPS) is 15.5. The SMILES string of the molecule is CC(C)CNC(=O)c1cccc(-c2nc(N3CCOCC3)nc3c2CCN3c2ccncc2)c1. The van der Waals surface area contributed by atoms with Gasteiger partial charge in [0.1, 0.15) is 5.82 Å². The Hall–Kier alpha value is -3.52. The van der Waals surface area contributed by atoms with E-state index in [1.54, 1.807) is 12.4 Å². The van der Waals surface area contributed by atoms with E-state index in [9.17, 15) is 4.79 Å². The number of nitrogens with zero attached hydrogens (tertiary/aromatic N) is 5. The van der Waals surface area contributed by atoms with Crippen LogP contribution in [0.2, 0.25) is 0 Å². The van der Waals surface area contributed by atoms with Crippen molar-refractivity contribution < 1.29 is 9.53 Å². The first-order valence-corrected chi connectivity index (χ1v) is 11.9. The first-order chi connectivity index (χ1) is 16.6. The summed E-state index contributed by atoms with van der Waals surface area (Å²) in [5, 5.41) is 3.01. The largest absolute Gasteiger partial charge is 0.378 e. The van der Waals surface area contributed by atoms with Crippen molar-refractivity contribution >= 4 is 23.4 Å². The number of amides is 1. The van der Waals surface area contributed by atoms with Crippen molar-refractivity contribution in [1.82, 2.24) is 20.3 Å². The Bertz CT molecular complexity index is 1160. The van der Waals surface area contributed by atoms with Crippen LogP contribution in [0.15, 0.2) is 48.8 Å². The van der Waals surface area contributed by atoms with Crippen molar-refractivity contribution in [3.8, 4) is 11.3 Å². The van der Waals surface area contributed by atoms with Crippen molar-refractivity contribution in [2.24, 2.45) is 5.92 Å². The minimum absolute atomic E-state index is 0.0620. The molecule has 1 fully saturated rings. The van der Waals surface area contributed by atoms with Crippen molar-refractivity contribution in [2.75, 3.05) is 49.2 Å². The molecule has 0 spiro atoms. The maximum absolute atomic E-state index is 12.7. The number of carbonyl (C=O) groups is 1. The van der Waals surface area contributed by atoms with Crippen LogP contribution in [0, 0.1) is 5.92 Å². The van der Waals surface area contributed by atoms with Crippen molar-refractivity contribution in [3.63, 3.8) is 0 Å². The Morgan fingerprint density at radius 3 is 2.65 bits per heavy atom. The summed E-state index contributed by atoms with van der Waals surface area (Å²) in [6.45, 7) is 8.47. The lowest BCUT2D eigenvalue weighted by Crippen LogP contribution is -2.37. The quantitative estimate of drug-likeness (QED) is 0.606. The Morgan fingerprint density at radius 1 is 1.09 bits per heavy atom. The summed E-state index contributed by atoms with van der Waals surface area (Å²) in [7, 11) is 0. The molecule has 1 amide bonds. The van der Waals surface area contributed by atoms with Gasteiger partial charge in [-0.15, -0.1) is 0 Å². The van der Waals surface area contributed by atoms with E-state index in [1.165, 1.54) is 0 Å². The molecule has 2 aliphatic heterocycles. The minimum atomic E-state index is -0.0620. The zero-order valence-corrected chi connectivity index (χ0v) is 19.7. The predicted molar refractivity (Wildman–Crippen MR) is 133 cm³/mol. The average molecular weight is 459 g/mol. The molecule has 0 bridgehead atoms. The van der Waals surface area contributed by atoms with Crippen LogP contribution >= 0.6 is 0 Å². The molecule has 5 rings (SSSR count). The van der Waals surface area contributed by atoms with Gasteiger partial charge in [-0.25, -0.2) is 4.98 Å². The molecule has 0 aliphatic carbocycles. The lowest BCUT2D eigenvalue weighted by atomic mass is 10.0. The van der Waals surface area contributed by atoms with Gasteiger partial charge < -0.3 is 19.9 Å². The lowest BCUT2D eigenvalue weighted by molar-refractivity contribution is 0.0949. The highest BCUT2D eigenvalue weighted by molar-refractivity contribution is 5.95. The van der Waals surface area contributed by atoms with Crippen LogP contribution in [0.3, 0.4) is 0 Å². The molecule has 1 saturated heterocycles. The third kappa shape index (κ3) is 4.59. The molecule has 2 aromatic heterocycles. The summed E-state index contributed by atoms with van der Waals surface area (Å²) in [6.07, 6.45) is 4.44. The third-order valence-corrected chi connectivity index (χ3v) is 6.15. The van der Waals surface area contributed by atoms with Gasteiger partial charge in [-0.05, 0) is 36.6 Å². The number of fused-ring (bicyclic) bond motifs is 1. The zero-order valence-electron chi connectivity index (χ0n) is 19.7. The molecule has 0 radical (unpaired) electrons. The fraction of sp³-hybridized carbons (Fsp3) is 0.385. The maximum Gasteiger partial charge on any atom is 0.251 e. The van der Waals surface area contributed by atoms with E-state index in [2.05, 4.69) is 33.9 Å². The highest BCUT2D eigenvalue weighted by atomic mass is 16.5. The fourth-order valence-electron chi connectivity index (χ4n) is 4.37. The number of anilines is 3. The molecule has 2 aliphatic rings. The van der Waals surface area contributed by atoms with Crippen LogP contribution in [0.4, 0.5) is 17.5 Å². The number of aromatic nitrogens is 3. The molecule has 0 atom stereocenters. The number of nitrogens with one attached hydrogen (secondary N) is 1. The molecule has 3 aromatic rings. The highest BCUT2D eigenvalue weighted by Crippen LogP contribution is 2.39. The molecular formula is C26H30N6O2. The minimum Gasteiger partial charge on any atom is -0.378 e. The fourth-order valence-corrected chi connectivity index (χ4v) is 4.37. The third-order valence-electron chi connectivity index (χ3n) is 6.15. The summed E-state index contributed by atoms with van der Waals surface area (Å²) in [6, 6.07) is 11.8. The van der Waals surface area contributed by atoms with Crippen LogP contribution < -0.4 is 15.1 Å². The molecule has 1 aromatic carbocycles. The Labute approximate surface area is 200 Å². The van der Waals surface area contributed by atoms with Crippen LogP contribution in [0.1, 0.15) is 29.8 Å². The molecule has 34 heavy (non-hydrogen) atoms. The first kappa shape index (κ1) is 22.3. The molecule has 1 N–H and O–H groups in total. The molecule has 8 nitrogen and oxygen atoms in total. The Morgan fingerprint density at radius 2 is 1.88 bits per heavy atom. The van der Waals surface area contributed by atoms with Crippen LogP contribution in [0.5, 0.6) is 0 Å². The summed E-state index contributed by atoms with van der Waals surface area (Å²) >= 11 is 0. The predicted octanol–water partition coefficient (Wildman–Crippen LogP) is 3.46. The monoisotopic (exact) mass is 458 g/mol. The Kier molecular flexibility index (Phi) is 6.40. The van der Waals surface area contributed by atoms with Crippen LogP contribution in [-0.2, 0) is 11.2 Å². The lowest BCUT2D eigenvalue weighted by Gasteiger charge is -2.28. The number of morpholine rings is 1. The van der Waals surface area contributed by atoms with E-state index >= 15 is 0 Å². The topological polar surface area (TPSA) is 83.5 Å². The molecule has 0 saturated carbocycles. The number of pyridine rings is 1.